The van der Waals surface area contributed by atoms with E-state index in [0.29, 0.717) is 42.0 Å². The number of hydrogen-bond donors (Lipinski definition) is 1. The van der Waals surface area contributed by atoms with Gasteiger partial charge in [-0.05, 0) is 40.0 Å². The van der Waals surface area contributed by atoms with Gasteiger partial charge >= 0.3 is 0 Å². The fourth-order valence-corrected chi connectivity index (χ4v) is 3.79. The number of nitrogens with one attached hydrogen (secondary N) is 1. The molecule has 1 aromatic heterocycles. The molecule has 0 aliphatic carbocycles. The molecule has 0 bridgehead atoms. The zero-order valence-electron chi connectivity index (χ0n) is 13.0. The first-order valence-corrected chi connectivity index (χ1v) is 9.37. The quantitative estimate of drug-likeness (QED) is 0.777. The van der Waals surface area contributed by atoms with E-state index in [4.69, 9.17) is 21.1 Å². The number of fused-ring (bicyclic) bond motifs is 1. The van der Waals surface area contributed by atoms with Crippen molar-refractivity contribution < 1.29 is 14.3 Å². The van der Waals surface area contributed by atoms with Crippen LogP contribution in [0, 0.1) is 0 Å². The molecule has 1 aliphatic rings. The zero-order valence-corrected chi connectivity index (χ0v) is 16.1. The van der Waals surface area contributed by atoms with Gasteiger partial charge in [0.1, 0.15) is 13.2 Å². The Labute approximate surface area is 157 Å². The lowest BCUT2D eigenvalue weighted by Gasteiger charge is -2.20. The van der Waals surface area contributed by atoms with Crippen LogP contribution in [0.3, 0.4) is 0 Å². The second-order valence-corrected chi connectivity index (χ2v) is 8.15. The van der Waals surface area contributed by atoms with Crippen LogP contribution in [0.1, 0.15) is 5.56 Å². The normalized spacial score (nSPS) is 13.2. The molecule has 2 heterocycles. The van der Waals surface area contributed by atoms with Crippen LogP contribution in [-0.4, -0.2) is 37.6 Å². The highest BCUT2D eigenvalue weighted by Gasteiger charge is 2.17. The van der Waals surface area contributed by atoms with Crippen molar-refractivity contribution in [2.45, 2.75) is 6.54 Å². The molecule has 8 heteroatoms. The summed E-state index contributed by atoms with van der Waals surface area (Å²) in [5.41, 5.74) is 1.69. The van der Waals surface area contributed by atoms with Crippen molar-refractivity contribution in [2.75, 3.05) is 32.1 Å². The number of rotatable bonds is 5. The molecule has 2 aromatic rings. The number of benzene rings is 1. The molecular formula is C16H16BrClN2O3S. The minimum atomic E-state index is -0.134. The van der Waals surface area contributed by atoms with Gasteiger partial charge in [-0.3, -0.25) is 9.69 Å². The molecule has 0 saturated heterocycles. The van der Waals surface area contributed by atoms with Crippen molar-refractivity contribution in [2.24, 2.45) is 0 Å². The lowest BCUT2D eigenvalue weighted by atomic mass is 10.2. The summed E-state index contributed by atoms with van der Waals surface area (Å²) in [5.74, 6) is 1.06. The Bertz CT molecular complexity index is 753. The van der Waals surface area contributed by atoms with Gasteiger partial charge in [-0.2, -0.15) is 0 Å². The van der Waals surface area contributed by atoms with Crippen molar-refractivity contribution in [3.8, 4) is 11.5 Å². The number of amides is 1. The average molecular weight is 432 g/mol. The summed E-state index contributed by atoms with van der Waals surface area (Å²) in [7, 11) is 1.90. The lowest BCUT2D eigenvalue weighted by Crippen LogP contribution is -2.29. The van der Waals surface area contributed by atoms with Crippen LogP contribution in [0.15, 0.2) is 27.4 Å². The Hall–Kier alpha value is -1.28. The maximum absolute atomic E-state index is 12.2. The smallest absolute Gasteiger partial charge is 0.238 e. The van der Waals surface area contributed by atoms with Gasteiger partial charge in [0, 0.05) is 18.7 Å². The van der Waals surface area contributed by atoms with Crippen molar-refractivity contribution >= 4 is 50.5 Å². The van der Waals surface area contributed by atoms with Crippen LogP contribution in [0.5, 0.6) is 11.5 Å². The Balaban J connectivity index is 1.60. The summed E-state index contributed by atoms with van der Waals surface area (Å²) in [6.07, 6.45) is 0. The Morgan fingerprint density at radius 3 is 2.71 bits per heavy atom. The molecule has 0 unspecified atom stereocenters. The van der Waals surface area contributed by atoms with E-state index < -0.39 is 0 Å². The molecule has 1 aliphatic heterocycles. The van der Waals surface area contributed by atoms with Gasteiger partial charge in [-0.15, -0.1) is 11.3 Å². The molecule has 1 N–H and O–H groups in total. The summed E-state index contributed by atoms with van der Waals surface area (Å²) in [5, 5.41) is 5.32. The Kier molecular flexibility index (Phi) is 5.65. The third kappa shape index (κ3) is 4.42. The number of carbonyl (C=O) groups excluding carboxylic acids is 1. The summed E-state index contributed by atoms with van der Waals surface area (Å²) >= 11 is 11.3. The summed E-state index contributed by atoms with van der Waals surface area (Å²) in [6.45, 7) is 1.95. The largest absolute Gasteiger partial charge is 0.486 e. The molecular weight excluding hydrogens is 416 g/mol. The number of thiophene rings is 1. The van der Waals surface area contributed by atoms with Gasteiger partial charge in [0.25, 0.3) is 0 Å². The van der Waals surface area contributed by atoms with E-state index in [9.17, 15) is 4.79 Å². The van der Waals surface area contributed by atoms with Crippen molar-refractivity contribution in [3.63, 3.8) is 0 Å². The third-order valence-corrected chi connectivity index (χ3v) is 5.26. The highest BCUT2D eigenvalue weighted by molar-refractivity contribution is 9.11. The Morgan fingerprint density at radius 2 is 2.04 bits per heavy atom. The van der Waals surface area contributed by atoms with Crippen molar-refractivity contribution in [1.29, 1.82) is 0 Å². The molecule has 1 aromatic carbocycles. The number of hydrogen-bond acceptors (Lipinski definition) is 5. The highest BCUT2D eigenvalue weighted by Crippen LogP contribution is 2.37. The van der Waals surface area contributed by atoms with Gasteiger partial charge < -0.3 is 14.8 Å². The average Bonchev–Trinajstić information content (AvgIpc) is 2.92. The maximum Gasteiger partial charge on any atom is 0.238 e. The van der Waals surface area contributed by atoms with Crippen LogP contribution in [0.2, 0.25) is 5.02 Å². The lowest BCUT2D eigenvalue weighted by molar-refractivity contribution is -0.117. The SMILES string of the molecule is CN(CC(=O)Nc1cc2c(cc1Cl)OCCO2)Cc1csc(Br)c1. The van der Waals surface area contributed by atoms with Crippen LogP contribution in [0.25, 0.3) is 0 Å². The zero-order chi connectivity index (χ0) is 17.1. The number of carbonyl (C=O) groups is 1. The highest BCUT2D eigenvalue weighted by atomic mass is 79.9. The number of anilines is 1. The Morgan fingerprint density at radius 1 is 1.33 bits per heavy atom. The van der Waals surface area contributed by atoms with Crippen LogP contribution < -0.4 is 14.8 Å². The molecule has 24 heavy (non-hydrogen) atoms. The standard InChI is InChI=1S/C16H16BrClN2O3S/c1-20(7-10-4-15(17)24-9-10)8-16(21)19-12-6-14-13(5-11(12)18)22-2-3-23-14/h4-6,9H,2-3,7-8H2,1H3,(H,19,21). The van der Waals surface area contributed by atoms with Gasteiger partial charge in [-0.25, -0.2) is 0 Å². The maximum atomic E-state index is 12.2. The second-order valence-electron chi connectivity index (χ2n) is 5.46. The minimum absolute atomic E-state index is 0.134. The molecule has 128 valence electrons. The topological polar surface area (TPSA) is 50.8 Å². The number of halogens is 2. The van der Waals surface area contributed by atoms with E-state index in [1.165, 1.54) is 5.56 Å². The van der Waals surface area contributed by atoms with E-state index in [1.54, 1.807) is 23.5 Å². The fraction of sp³-hybridized carbons (Fsp3) is 0.312. The van der Waals surface area contributed by atoms with E-state index in [2.05, 4.69) is 32.7 Å². The molecule has 5 nitrogen and oxygen atoms in total. The molecule has 0 fully saturated rings. The molecule has 1 amide bonds. The fourth-order valence-electron chi connectivity index (χ4n) is 2.39. The van der Waals surface area contributed by atoms with E-state index in [0.717, 1.165) is 3.79 Å². The second kappa shape index (κ2) is 7.74. The molecule has 0 spiro atoms. The first kappa shape index (κ1) is 17.5. The first-order chi connectivity index (χ1) is 11.5. The number of ether oxygens (including phenoxy) is 2. The van der Waals surface area contributed by atoms with Gasteiger partial charge in [0.05, 0.1) is 21.0 Å². The third-order valence-electron chi connectivity index (χ3n) is 3.39. The molecule has 0 saturated carbocycles. The van der Waals surface area contributed by atoms with Crippen LogP contribution >= 0.6 is 38.9 Å². The summed E-state index contributed by atoms with van der Waals surface area (Å²) in [6, 6.07) is 5.42. The van der Waals surface area contributed by atoms with Crippen LogP contribution in [0.4, 0.5) is 5.69 Å². The number of nitrogens with zero attached hydrogens (tertiary/aromatic N) is 1. The van der Waals surface area contributed by atoms with Gasteiger partial charge in [-0.1, -0.05) is 11.6 Å². The van der Waals surface area contributed by atoms with E-state index in [-0.39, 0.29) is 12.5 Å². The molecule has 0 radical (unpaired) electrons. The summed E-state index contributed by atoms with van der Waals surface area (Å²) in [4.78, 5) is 14.2. The molecule has 0 atom stereocenters. The van der Waals surface area contributed by atoms with Gasteiger partial charge in [0.15, 0.2) is 11.5 Å². The predicted molar refractivity (Wildman–Crippen MR) is 99.4 cm³/mol. The van der Waals surface area contributed by atoms with Crippen molar-refractivity contribution in [1.82, 2.24) is 4.90 Å². The van der Waals surface area contributed by atoms with E-state index in [1.807, 2.05) is 11.9 Å². The van der Waals surface area contributed by atoms with Crippen LogP contribution in [-0.2, 0) is 11.3 Å². The van der Waals surface area contributed by atoms with Crippen molar-refractivity contribution in [3.05, 3.63) is 38.0 Å². The summed E-state index contributed by atoms with van der Waals surface area (Å²) < 4.78 is 12.1. The predicted octanol–water partition coefficient (Wildman–Crippen LogP) is 4.01. The van der Waals surface area contributed by atoms with Gasteiger partial charge in [0.2, 0.25) is 5.91 Å². The first-order valence-electron chi connectivity index (χ1n) is 7.32. The minimum Gasteiger partial charge on any atom is -0.486 e. The number of likely N-dealkylation sites (N-methyl/N-ethyl adjacent to an activating group) is 1. The molecule has 3 rings (SSSR count). The monoisotopic (exact) mass is 430 g/mol. The van der Waals surface area contributed by atoms with E-state index >= 15 is 0 Å².